The van der Waals surface area contributed by atoms with Gasteiger partial charge in [-0.05, 0) is 26.3 Å². The smallest absolute Gasteiger partial charge is 0.137 e. The molecule has 1 N–H and O–H groups in total. The van der Waals surface area contributed by atoms with Crippen LogP contribution in [0.15, 0.2) is 25.0 Å². The van der Waals surface area contributed by atoms with Gasteiger partial charge in [0.2, 0.25) is 0 Å². The second-order valence-electron chi connectivity index (χ2n) is 4.64. The summed E-state index contributed by atoms with van der Waals surface area (Å²) in [5, 5.41) is 11.9. The van der Waals surface area contributed by atoms with Crippen molar-refractivity contribution in [3.05, 3.63) is 30.6 Å². The molecule has 0 aliphatic heterocycles. The van der Waals surface area contributed by atoms with Crippen molar-refractivity contribution in [2.45, 2.75) is 39.4 Å². The molecule has 0 spiro atoms. The van der Waals surface area contributed by atoms with Gasteiger partial charge in [-0.2, -0.15) is 10.2 Å². The Morgan fingerprint density at radius 3 is 2.78 bits per heavy atom. The van der Waals surface area contributed by atoms with Crippen LogP contribution in [0.4, 0.5) is 0 Å². The van der Waals surface area contributed by atoms with Gasteiger partial charge >= 0.3 is 0 Å². The number of rotatable bonds is 6. The Bertz CT molecular complexity index is 461. The molecule has 0 aliphatic rings. The molecule has 18 heavy (non-hydrogen) atoms. The van der Waals surface area contributed by atoms with E-state index in [0.29, 0.717) is 12.1 Å². The third-order valence-electron chi connectivity index (χ3n) is 3.15. The van der Waals surface area contributed by atoms with Crippen LogP contribution >= 0.6 is 0 Å². The molecule has 2 unspecified atom stereocenters. The number of aromatic nitrogens is 5. The normalized spacial score (nSPS) is 14.6. The van der Waals surface area contributed by atoms with Gasteiger partial charge in [-0.1, -0.05) is 0 Å². The maximum absolute atomic E-state index is 4.34. The Kier molecular flexibility index (Phi) is 4.09. The minimum Gasteiger partial charge on any atom is -0.310 e. The molecule has 98 valence electrons. The van der Waals surface area contributed by atoms with E-state index in [4.69, 9.17) is 0 Å². The van der Waals surface area contributed by atoms with Gasteiger partial charge in [0.05, 0.1) is 18.8 Å². The summed E-state index contributed by atoms with van der Waals surface area (Å²) < 4.78 is 3.82. The summed E-state index contributed by atoms with van der Waals surface area (Å²) in [6.45, 7) is 8.09. The molecule has 0 saturated heterocycles. The highest BCUT2D eigenvalue weighted by Gasteiger charge is 2.13. The Hall–Kier alpha value is -1.69. The SMILES string of the molecule is Cc1cnn(C(C)C(C)NCCn2cncn2)c1. The van der Waals surface area contributed by atoms with Crippen LogP contribution in [-0.4, -0.2) is 37.1 Å². The molecule has 0 radical (unpaired) electrons. The van der Waals surface area contributed by atoms with Gasteiger partial charge in [-0.15, -0.1) is 0 Å². The van der Waals surface area contributed by atoms with Crippen molar-refractivity contribution in [2.75, 3.05) is 6.54 Å². The van der Waals surface area contributed by atoms with Crippen LogP contribution < -0.4 is 5.32 Å². The lowest BCUT2D eigenvalue weighted by molar-refractivity contribution is 0.358. The quantitative estimate of drug-likeness (QED) is 0.829. The average molecular weight is 248 g/mol. The number of hydrogen-bond acceptors (Lipinski definition) is 4. The molecule has 2 heterocycles. The van der Waals surface area contributed by atoms with E-state index in [0.717, 1.165) is 13.1 Å². The monoisotopic (exact) mass is 248 g/mol. The Labute approximate surface area is 107 Å². The highest BCUT2D eigenvalue weighted by Crippen LogP contribution is 2.10. The predicted molar refractivity (Wildman–Crippen MR) is 69.2 cm³/mol. The standard InChI is InChI=1S/C12H20N6/c1-10-6-15-18(7-10)12(3)11(2)14-4-5-17-9-13-8-16-17/h6-9,11-12,14H,4-5H2,1-3H3. The molecule has 0 aliphatic carbocycles. The minimum atomic E-state index is 0.328. The molecule has 0 bridgehead atoms. The van der Waals surface area contributed by atoms with Gasteiger partial charge in [-0.25, -0.2) is 4.98 Å². The van der Waals surface area contributed by atoms with Gasteiger partial charge in [0.1, 0.15) is 12.7 Å². The number of nitrogens with one attached hydrogen (secondary N) is 1. The van der Waals surface area contributed by atoms with Gasteiger partial charge < -0.3 is 5.32 Å². The fraction of sp³-hybridized carbons (Fsp3) is 0.583. The molecule has 2 aromatic rings. The summed E-state index contributed by atoms with van der Waals surface area (Å²) >= 11 is 0. The van der Waals surface area contributed by atoms with Crippen molar-refractivity contribution in [2.24, 2.45) is 0 Å². The van der Waals surface area contributed by atoms with Gasteiger partial charge in [0, 0.05) is 18.8 Å². The topological polar surface area (TPSA) is 60.6 Å². The lowest BCUT2D eigenvalue weighted by atomic mass is 10.2. The summed E-state index contributed by atoms with van der Waals surface area (Å²) in [5.74, 6) is 0. The zero-order chi connectivity index (χ0) is 13.0. The van der Waals surface area contributed by atoms with Crippen molar-refractivity contribution in [3.63, 3.8) is 0 Å². The molecule has 6 nitrogen and oxygen atoms in total. The zero-order valence-corrected chi connectivity index (χ0v) is 11.1. The number of aryl methyl sites for hydroxylation is 1. The molecule has 0 amide bonds. The summed E-state index contributed by atoms with van der Waals surface area (Å²) in [6.07, 6.45) is 7.24. The first kappa shape index (κ1) is 12.8. The molecule has 0 fully saturated rings. The van der Waals surface area contributed by atoms with Crippen molar-refractivity contribution >= 4 is 0 Å². The zero-order valence-electron chi connectivity index (χ0n) is 11.1. The molecule has 0 saturated carbocycles. The van der Waals surface area contributed by atoms with E-state index < -0.39 is 0 Å². The fourth-order valence-electron chi connectivity index (χ4n) is 1.81. The van der Waals surface area contributed by atoms with Crippen LogP contribution in [0.3, 0.4) is 0 Å². The van der Waals surface area contributed by atoms with Crippen LogP contribution in [0.5, 0.6) is 0 Å². The first-order chi connectivity index (χ1) is 8.66. The first-order valence-electron chi connectivity index (χ1n) is 6.23. The van der Waals surface area contributed by atoms with Crippen LogP contribution in [0.25, 0.3) is 0 Å². The van der Waals surface area contributed by atoms with Gasteiger partial charge in [-0.3, -0.25) is 9.36 Å². The molecule has 2 rings (SSSR count). The lowest BCUT2D eigenvalue weighted by Gasteiger charge is -2.21. The summed E-state index contributed by atoms with van der Waals surface area (Å²) in [4.78, 5) is 3.92. The summed E-state index contributed by atoms with van der Waals surface area (Å²) in [5.41, 5.74) is 1.19. The molecular weight excluding hydrogens is 228 g/mol. The second kappa shape index (κ2) is 5.77. The second-order valence-corrected chi connectivity index (χ2v) is 4.64. The van der Waals surface area contributed by atoms with E-state index >= 15 is 0 Å². The van der Waals surface area contributed by atoms with E-state index in [-0.39, 0.29) is 0 Å². The third-order valence-corrected chi connectivity index (χ3v) is 3.15. The molecule has 6 heteroatoms. The van der Waals surface area contributed by atoms with Crippen molar-refractivity contribution in [1.82, 2.24) is 29.9 Å². The fourth-order valence-corrected chi connectivity index (χ4v) is 1.81. The lowest BCUT2D eigenvalue weighted by Crippen LogP contribution is -2.36. The highest BCUT2D eigenvalue weighted by atomic mass is 15.3. The molecule has 2 aromatic heterocycles. The van der Waals surface area contributed by atoms with E-state index in [1.807, 2.05) is 15.6 Å². The molecular formula is C12H20N6. The van der Waals surface area contributed by atoms with Crippen LogP contribution in [0.2, 0.25) is 0 Å². The average Bonchev–Trinajstić information content (AvgIpc) is 2.99. The maximum atomic E-state index is 4.34. The Balaban J connectivity index is 1.79. The van der Waals surface area contributed by atoms with Crippen molar-refractivity contribution < 1.29 is 0 Å². The minimum absolute atomic E-state index is 0.328. The van der Waals surface area contributed by atoms with Crippen LogP contribution in [-0.2, 0) is 6.54 Å². The molecule has 0 aromatic carbocycles. The molecule has 2 atom stereocenters. The van der Waals surface area contributed by atoms with Crippen molar-refractivity contribution in [3.8, 4) is 0 Å². The predicted octanol–water partition coefficient (Wildman–Crippen LogP) is 1.02. The third kappa shape index (κ3) is 3.16. The number of hydrogen-bond donors (Lipinski definition) is 1. The summed E-state index contributed by atoms with van der Waals surface area (Å²) in [6, 6.07) is 0.683. The van der Waals surface area contributed by atoms with Gasteiger partial charge in [0.15, 0.2) is 0 Å². The van der Waals surface area contributed by atoms with Gasteiger partial charge in [0.25, 0.3) is 0 Å². The van der Waals surface area contributed by atoms with Crippen LogP contribution in [0, 0.1) is 6.92 Å². The first-order valence-corrected chi connectivity index (χ1v) is 6.23. The maximum Gasteiger partial charge on any atom is 0.137 e. The van der Waals surface area contributed by atoms with E-state index in [1.165, 1.54) is 5.56 Å². The van der Waals surface area contributed by atoms with Crippen LogP contribution in [0.1, 0.15) is 25.5 Å². The number of nitrogens with zero attached hydrogens (tertiary/aromatic N) is 5. The largest absolute Gasteiger partial charge is 0.310 e. The summed E-state index contributed by atoms with van der Waals surface area (Å²) in [7, 11) is 0. The van der Waals surface area contributed by atoms with E-state index in [1.54, 1.807) is 12.7 Å². The Morgan fingerprint density at radius 1 is 1.33 bits per heavy atom. The van der Waals surface area contributed by atoms with E-state index in [9.17, 15) is 0 Å². The van der Waals surface area contributed by atoms with E-state index in [2.05, 4.69) is 47.5 Å². The highest BCUT2D eigenvalue weighted by molar-refractivity contribution is 5.00. The Morgan fingerprint density at radius 2 is 2.17 bits per heavy atom. The van der Waals surface area contributed by atoms with Crippen molar-refractivity contribution in [1.29, 1.82) is 0 Å².